The van der Waals surface area contributed by atoms with E-state index in [0.717, 1.165) is 13.1 Å². The summed E-state index contributed by atoms with van der Waals surface area (Å²) in [5.74, 6) is -1.20. The van der Waals surface area contributed by atoms with Crippen LogP contribution in [0.2, 0.25) is 0 Å². The molecule has 0 aliphatic carbocycles. The summed E-state index contributed by atoms with van der Waals surface area (Å²) >= 11 is 0. The average Bonchev–Trinajstić information content (AvgIpc) is 2.54. The predicted octanol–water partition coefficient (Wildman–Crippen LogP) is -0.438. The van der Waals surface area contributed by atoms with Gasteiger partial charge in [0.05, 0.1) is 12.5 Å². The molecule has 0 N–H and O–H groups in total. The van der Waals surface area contributed by atoms with Crippen LogP contribution in [0.15, 0.2) is 0 Å². The van der Waals surface area contributed by atoms with Crippen LogP contribution in [0.5, 0.6) is 0 Å². The van der Waals surface area contributed by atoms with Gasteiger partial charge in [0.25, 0.3) is 0 Å². The zero-order valence-electron chi connectivity index (χ0n) is 13.4. The first kappa shape index (κ1) is 16.7. The molecule has 2 aliphatic heterocycles. The minimum absolute atomic E-state index is 0.150. The molecule has 0 bridgehead atoms. The van der Waals surface area contributed by atoms with E-state index < -0.39 is 11.8 Å². The Bertz CT molecular complexity index is 425. The molecule has 2 fully saturated rings. The van der Waals surface area contributed by atoms with Crippen molar-refractivity contribution < 1.29 is 19.1 Å². The van der Waals surface area contributed by atoms with Crippen molar-refractivity contribution in [2.24, 2.45) is 5.92 Å². The summed E-state index contributed by atoms with van der Waals surface area (Å²) in [5.41, 5.74) is 0. The molecule has 0 unspecified atom stereocenters. The lowest BCUT2D eigenvalue weighted by atomic mass is 9.97. The lowest BCUT2D eigenvalue weighted by molar-refractivity contribution is -0.156. The molecule has 2 rings (SSSR count). The molecule has 7 nitrogen and oxygen atoms in total. The molecule has 7 heteroatoms. The summed E-state index contributed by atoms with van der Waals surface area (Å²) in [6.45, 7) is 5.84. The maximum atomic E-state index is 12.3. The van der Waals surface area contributed by atoms with Gasteiger partial charge in [-0.1, -0.05) is 0 Å². The molecule has 0 atom stereocenters. The van der Waals surface area contributed by atoms with Gasteiger partial charge in [0.15, 0.2) is 0 Å². The van der Waals surface area contributed by atoms with E-state index in [0.29, 0.717) is 45.6 Å². The fourth-order valence-corrected chi connectivity index (χ4v) is 2.86. The van der Waals surface area contributed by atoms with Crippen LogP contribution in [-0.4, -0.2) is 85.4 Å². The van der Waals surface area contributed by atoms with Crippen molar-refractivity contribution in [1.29, 1.82) is 0 Å². The van der Waals surface area contributed by atoms with Crippen LogP contribution in [-0.2, 0) is 19.1 Å². The Morgan fingerprint density at radius 1 is 0.909 bits per heavy atom. The highest BCUT2D eigenvalue weighted by molar-refractivity contribution is 6.34. The van der Waals surface area contributed by atoms with E-state index in [1.807, 2.05) is 7.05 Å². The molecule has 0 radical (unpaired) electrons. The number of likely N-dealkylation sites (N-methyl/N-ethyl adjacent to an activating group) is 1. The number of piperazine rings is 1. The van der Waals surface area contributed by atoms with Gasteiger partial charge in [-0.2, -0.15) is 0 Å². The molecule has 22 heavy (non-hydrogen) atoms. The van der Waals surface area contributed by atoms with Gasteiger partial charge >= 0.3 is 17.8 Å². The van der Waals surface area contributed by atoms with Gasteiger partial charge in [-0.15, -0.1) is 0 Å². The second kappa shape index (κ2) is 7.58. The Morgan fingerprint density at radius 3 is 1.91 bits per heavy atom. The summed E-state index contributed by atoms with van der Waals surface area (Å²) < 4.78 is 5.01. The molecule has 124 valence electrons. The van der Waals surface area contributed by atoms with Crippen LogP contribution in [0.25, 0.3) is 0 Å². The summed E-state index contributed by atoms with van der Waals surface area (Å²) in [6.07, 6.45) is 1.14. The maximum absolute atomic E-state index is 12.3. The quantitative estimate of drug-likeness (QED) is 0.511. The highest BCUT2D eigenvalue weighted by Gasteiger charge is 2.33. The van der Waals surface area contributed by atoms with E-state index in [-0.39, 0.29) is 11.9 Å². The second-order valence-corrected chi connectivity index (χ2v) is 5.91. The van der Waals surface area contributed by atoms with Gasteiger partial charge < -0.3 is 19.4 Å². The number of rotatable bonds is 2. The summed E-state index contributed by atoms with van der Waals surface area (Å²) in [6, 6.07) is 0. The van der Waals surface area contributed by atoms with E-state index in [9.17, 15) is 14.4 Å². The maximum Gasteiger partial charge on any atom is 0.312 e. The normalized spacial score (nSPS) is 20.8. The standard InChI is InChI=1S/C15H25N3O4/c1-3-22-15(21)12-4-6-17(7-5-12)13(19)14(20)18-10-8-16(2)9-11-18/h12H,3-11H2,1-2H3. The molecular formula is C15H25N3O4. The van der Waals surface area contributed by atoms with Crippen molar-refractivity contribution in [2.45, 2.75) is 19.8 Å². The summed E-state index contributed by atoms with van der Waals surface area (Å²) in [4.78, 5) is 41.5. The topological polar surface area (TPSA) is 70.2 Å². The molecule has 0 spiro atoms. The number of ether oxygens (including phenoxy) is 1. The van der Waals surface area contributed by atoms with Crippen molar-refractivity contribution in [1.82, 2.24) is 14.7 Å². The summed E-state index contributed by atoms with van der Waals surface area (Å²) in [7, 11) is 2.00. The van der Waals surface area contributed by atoms with E-state index >= 15 is 0 Å². The molecule has 2 saturated heterocycles. The zero-order chi connectivity index (χ0) is 16.1. The molecule has 0 aromatic rings. The fraction of sp³-hybridized carbons (Fsp3) is 0.800. The molecule has 2 amide bonds. The minimum atomic E-state index is -0.438. The second-order valence-electron chi connectivity index (χ2n) is 5.91. The van der Waals surface area contributed by atoms with E-state index in [4.69, 9.17) is 4.74 Å². The smallest absolute Gasteiger partial charge is 0.312 e. The monoisotopic (exact) mass is 311 g/mol. The summed E-state index contributed by atoms with van der Waals surface area (Å²) in [5, 5.41) is 0. The van der Waals surface area contributed by atoms with Crippen molar-refractivity contribution in [3.8, 4) is 0 Å². The molecule has 2 heterocycles. The fourth-order valence-electron chi connectivity index (χ4n) is 2.86. The van der Waals surface area contributed by atoms with Crippen molar-refractivity contribution in [3.05, 3.63) is 0 Å². The Hall–Kier alpha value is -1.63. The average molecular weight is 311 g/mol. The number of nitrogens with zero attached hydrogens (tertiary/aromatic N) is 3. The number of carbonyl (C=O) groups is 3. The molecular weight excluding hydrogens is 286 g/mol. The minimum Gasteiger partial charge on any atom is -0.466 e. The van der Waals surface area contributed by atoms with Gasteiger partial charge in [-0.25, -0.2) is 0 Å². The first-order chi connectivity index (χ1) is 10.5. The van der Waals surface area contributed by atoms with E-state index in [1.165, 1.54) is 0 Å². The molecule has 0 saturated carbocycles. The largest absolute Gasteiger partial charge is 0.466 e. The SMILES string of the molecule is CCOC(=O)C1CCN(C(=O)C(=O)N2CCN(C)CC2)CC1. The van der Waals surface area contributed by atoms with Crippen LogP contribution < -0.4 is 0 Å². The number of hydrogen-bond donors (Lipinski definition) is 0. The first-order valence-corrected chi connectivity index (χ1v) is 7.96. The third-order valence-electron chi connectivity index (χ3n) is 4.38. The van der Waals surface area contributed by atoms with Crippen LogP contribution in [0.4, 0.5) is 0 Å². The van der Waals surface area contributed by atoms with Crippen molar-refractivity contribution >= 4 is 17.8 Å². The third-order valence-corrected chi connectivity index (χ3v) is 4.38. The van der Waals surface area contributed by atoms with Gasteiger partial charge in [-0.05, 0) is 26.8 Å². The van der Waals surface area contributed by atoms with E-state index in [1.54, 1.807) is 16.7 Å². The highest BCUT2D eigenvalue weighted by atomic mass is 16.5. The zero-order valence-corrected chi connectivity index (χ0v) is 13.4. The Labute approximate surface area is 131 Å². The van der Waals surface area contributed by atoms with Crippen molar-refractivity contribution in [2.75, 3.05) is 52.9 Å². The number of likely N-dealkylation sites (tertiary alicyclic amines) is 1. The van der Waals surface area contributed by atoms with Gasteiger partial charge in [0, 0.05) is 39.3 Å². The van der Waals surface area contributed by atoms with Crippen molar-refractivity contribution in [3.63, 3.8) is 0 Å². The predicted molar refractivity (Wildman–Crippen MR) is 80.0 cm³/mol. The Kier molecular flexibility index (Phi) is 5.76. The van der Waals surface area contributed by atoms with Crippen LogP contribution in [0.3, 0.4) is 0 Å². The van der Waals surface area contributed by atoms with E-state index in [2.05, 4.69) is 4.90 Å². The van der Waals surface area contributed by atoms with Crippen LogP contribution in [0, 0.1) is 5.92 Å². The molecule has 2 aliphatic rings. The Balaban J connectivity index is 1.82. The van der Waals surface area contributed by atoms with Crippen LogP contribution >= 0.6 is 0 Å². The molecule has 0 aromatic heterocycles. The number of hydrogen-bond acceptors (Lipinski definition) is 5. The Morgan fingerprint density at radius 2 is 1.41 bits per heavy atom. The first-order valence-electron chi connectivity index (χ1n) is 7.96. The van der Waals surface area contributed by atoms with Gasteiger partial charge in [0.2, 0.25) is 0 Å². The lowest BCUT2D eigenvalue weighted by Gasteiger charge is -2.35. The third kappa shape index (κ3) is 3.97. The lowest BCUT2D eigenvalue weighted by Crippen LogP contribution is -2.53. The number of carbonyl (C=O) groups excluding carboxylic acids is 3. The highest BCUT2D eigenvalue weighted by Crippen LogP contribution is 2.19. The van der Waals surface area contributed by atoms with Crippen LogP contribution in [0.1, 0.15) is 19.8 Å². The molecule has 0 aromatic carbocycles. The number of piperidine rings is 1. The van der Waals surface area contributed by atoms with Gasteiger partial charge in [0.1, 0.15) is 0 Å². The van der Waals surface area contributed by atoms with Gasteiger partial charge in [-0.3, -0.25) is 14.4 Å². The number of amides is 2. The number of esters is 1.